The van der Waals surface area contributed by atoms with Crippen LogP contribution in [0.15, 0.2) is 0 Å². The third-order valence-corrected chi connectivity index (χ3v) is 8.49. The molecular formula is C26H45NO18. The minimum Gasteiger partial charge on any atom is -0.394 e. The number of hydrogen-bond acceptors (Lipinski definition) is 18. The van der Waals surface area contributed by atoms with Gasteiger partial charge in [0.05, 0.1) is 24.9 Å². The van der Waals surface area contributed by atoms with Crippen molar-refractivity contribution in [3.05, 3.63) is 0 Å². The molecule has 4 aliphatic rings. The van der Waals surface area contributed by atoms with Gasteiger partial charge in [0.1, 0.15) is 79.3 Å². The maximum atomic E-state index is 11.8. The second-order valence-corrected chi connectivity index (χ2v) is 11.8. The summed E-state index contributed by atoms with van der Waals surface area (Å²) in [5.74, 6) is -0.625. The lowest BCUT2D eigenvalue weighted by atomic mass is 9.95. The Labute approximate surface area is 257 Å². The van der Waals surface area contributed by atoms with E-state index in [1.165, 1.54) is 20.8 Å². The monoisotopic (exact) mass is 659 g/mol. The Balaban J connectivity index is 1.56. The first-order valence-electron chi connectivity index (χ1n) is 14.7. The zero-order valence-corrected chi connectivity index (χ0v) is 25.0. The lowest BCUT2D eigenvalue weighted by molar-refractivity contribution is -0.389. The molecule has 4 saturated heterocycles. The Morgan fingerprint density at radius 3 is 1.64 bits per heavy atom. The van der Waals surface area contributed by atoms with E-state index in [0.717, 1.165) is 6.92 Å². The van der Waals surface area contributed by atoms with Gasteiger partial charge in [-0.1, -0.05) is 0 Å². The number of amides is 1. The van der Waals surface area contributed by atoms with Crippen LogP contribution in [0.25, 0.3) is 0 Å². The van der Waals surface area contributed by atoms with Gasteiger partial charge in [-0.2, -0.15) is 0 Å². The maximum Gasteiger partial charge on any atom is 0.217 e. The Bertz CT molecular complexity index is 980. The molecular weight excluding hydrogens is 614 g/mol. The van der Waals surface area contributed by atoms with Crippen LogP contribution in [0.1, 0.15) is 27.7 Å². The second-order valence-electron chi connectivity index (χ2n) is 11.8. The molecule has 0 spiro atoms. The fourth-order valence-electron chi connectivity index (χ4n) is 5.75. The molecule has 19 nitrogen and oxygen atoms in total. The summed E-state index contributed by atoms with van der Waals surface area (Å²) in [7, 11) is 0. The number of carbonyl (C=O) groups is 1. The van der Waals surface area contributed by atoms with Gasteiger partial charge in [0.25, 0.3) is 0 Å². The average molecular weight is 660 g/mol. The van der Waals surface area contributed by atoms with Crippen molar-refractivity contribution in [1.29, 1.82) is 0 Å². The molecule has 4 fully saturated rings. The number of ether oxygens (including phenoxy) is 7. The summed E-state index contributed by atoms with van der Waals surface area (Å²) >= 11 is 0. The van der Waals surface area contributed by atoms with E-state index in [2.05, 4.69) is 5.32 Å². The number of nitrogens with one attached hydrogen (secondary N) is 1. The van der Waals surface area contributed by atoms with Crippen LogP contribution >= 0.6 is 0 Å². The molecule has 20 atom stereocenters. The normalized spacial score (nSPS) is 52.8. The van der Waals surface area contributed by atoms with E-state index in [4.69, 9.17) is 33.2 Å². The van der Waals surface area contributed by atoms with Gasteiger partial charge in [-0.25, -0.2) is 0 Å². The van der Waals surface area contributed by atoms with Crippen LogP contribution in [0.4, 0.5) is 0 Å². The first kappa shape index (κ1) is 36.6. The summed E-state index contributed by atoms with van der Waals surface area (Å²) in [6.45, 7) is 4.60. The summed E-state index contributed by atoms with van der Waals surface area (Å²) in [4.78, 5) is 11.8. The Morgan fingerprint density at radius 2 is 1.07 bits per heavy atom. The van der Waals surface area contributed by atoms with Crippen LogP contribution in [0.3, 0.4) is 0 Å². The summed E-state index contributed by atoms with van der Waals surface area (Å²) in [5, 5.41) is 107. The number of aliphatic hydroxyl groups is 10. The van der Waals surface area contributed by atoms with Crippen molar-refractivity contribution in [1.82, 2.24) is 5.32 Å². The van der Waals surface area contributed by atoms with Gasteiger partial charge >= 0.3 is 0 Å². The lowest BCUT2D eigenvalue weighted by Gasteiger charge is -2.49. The predicted octanol–water partition coefficient (Wildman–Crippen LogP) is -6.52. The molecule has 0 aromatic carbocycles. The topological polar surface area (TPSA) is 296 Å². The van der Waals surface area contributed by atoms with Crippen LogP contribution in [0, 0.1) is 0 Å². The maximum absolute atomic E-state index is 11.8. The van der Waals surface area contributed by atoms with Crippen molar-refractivity contribution in [2.75, 3.05) is 6.61 Å². The predicted molar refractivity (Wildman–Crippen MR) is 141 cm³/mol. The van der Waals surface area contributed by atoms with Crippen molar-refractivity contribution in [3.63, 3.8) is 0 Å². The van der Waals surface area contributed by atoms with Gasteiger partial charge in [-0.15, -0.1) is 0 Å². The molecule has 0 aliphatic carbocycles. The first-order valence-corrected chi connectivity index (χ1v) is 14.7. The van der Waals surface area contributed by atoms with Crippen molar-refractivity contribution >= 4 is 5.91 Å². The zero-order chi connectivity index (χ0) is 33.5. The van der Waals surface area contributed by atoms with Crippen molar-refractivity contribution in [2.24, 2.45) is 0 Å². The van der Waals surface area contributed by atoms with Crippen LogP contribution in [-0.2, 0) is 38.0 Å². The van der Waals surface area contributed by atoms with Crippen LogP contribution in [-0.4, -0.2) is 186 Å². The Kier molecular flexibility index (Phi) is 12.1. The van der Waals surface area contributed by atoms with Gasteiger partial charge in [0.15, 0.2) is 25.2 Å². The Hall–Kier alpha value is -1.21. The van der Waals surface area contributed by atoms with Crippen molar-refractivity contribution in [3.8, 4) is 0 Å². The highest BCUT2D eigenvalue weighted by molar-refractivity contribution is 5.73. The average Bonchev–Trinajstić information content (AvgIpc) is 2.99. The molecule has 1 amide bonds. The van der Waals surface area contributed by atoms with Crippen LogP contribution in [0.2, 0.25) is 0 Å². The summed E-state index contributed by atoms with van der Waals surface area (Å²) in [6, 6.07) is -1.38. The molecule has 0 aromatic rings. The highest BCUT2D eigenvalue weighted by atomic mass is 16.8. The van der Waals surface area contributed by atoms with Gasteiger partial charge in [-0.05, 0) is 20.8 Å². The standard InChI is InChI=1S/C26H45NO18/c1-6-12(30)16(34)18(36)24(39-6)45-22-17(35)13(31)7(2)41-26(22)44-21-14(32)8(3)40-25(19(21)37)43-20-11(27-9(4)29)23(38)42-10(5-28)15(20)33/h6-8,10-26,28,30-38H,5H2,1-4H3,(H,27,29)/t6-,7-,8-,10+,11+,12-,13-,14-,15+,16+,17+,18+,19+,20+,21+,22+,23+,24-,25-,26-/m0/s1. The molecule has 19 heteroatoms. The van der Waals surface area contributed by atoms with E-state index in [-0.39, 0.29) is 0 Å². The van der Waals surface area contributed by atoms with E-state index in [9.17, 15) is 55.9 Å². The quantitative estimate of drug-likeness (QED) is 0.115. The number of aliphatic hydroxyl groups excluding tert-OH is 10. The van der Waals surface area contributed by atoms with E-state index in [0.29, 0.717) is 0 Å². The first-order chi connectivity index (χ1) is 21.1. The third kappa shape index (κ3) is 7.60. The van der Waals surface area contributed by atoms with E-state index < -0.39 is 135 Å². The second kappa shape index (κ2) is 14.9. The molecule has 4 rings (SSSR count). The highest BCUT2D eigenvalue weighted by Gasteiger charge is 2.54. The molecule has 45 heavy (non-hydrogen) atoms. The van der Waals surface area contributed by atoms with Gasteiger partial charge in [0, 0.05) is 6.92 Å². The molecule has 11 N–H and O–H groups in total. The molecule has 0 saturated carbocycles. The third-order valence-electron chi connectivity index (χ3n) is 8.49. The minimum atomic E-state index is -1.87. The number of carbonyl (C=O) groups excluding carboxylic acids is 1. The van der Waals surface area contributed by atoms with Crippen LogP contribution in [0.5, 0.6) is 0 Å². The fourth-order valence-corrected chi connectivity index (χ4v) is 5.75. The molecule has 262 valence electrons. The van der Waals surface area contributed by atoms with E-state index in [1.54, 1.807) is 0 Å². The lowest BCUT2D eigenvalue weighted by Crippen LogP contribution is -2.68. The molecule has 0 unspecified atom stereocenters. The minimum absolute atomic E-state index is 0.625. The summed E-state index contributed by atoms with van der Waals surface area (Å²) in [5.41, 5.74) is 0. The van der Waals surface area contributed by atoms with E-state index >= 15 is 0 Å². The van der Waals surface area contributed by atoms with Crippen LogP contribution < -0.4 is 5.32 Å². The fraction of sp³-hybridized carbons (Fsp3) is 0.962. The molecule has 4 aliphatic heterocycles. The summed E-state index contributed by atoms with van der Waals surface area (Å²) in [6.07, 6.45) is -29.3. The highest BCUT2D eigenvalue weighted by Crippen LogP contribution is 2.34. The molecule has 0 radical (unpaired) electrons. The summed E-state index contributed by atoms with van der Waals surface area (Å²) < 4.78 is 39.3. The Morgan fingerprint density at radius 1 is 0.578 bits per heavy atom. The molecule has 0 bridgehead atoms. The molecule has 4 heterocycles. The van der Waals surface area contributed by atoms with E-state index in [1.807, 2.05) is 0 Å². The van der Waals surface area contributed by atoms with Crippen molar-refractivity contribution in [2.45, 2.75) is 150 Å². The largest absolute Gasteiger partial charge is 0.394 e. The number of hydrogen-bond donors (Lipinski definition) is 11. The SMILES string of the molecule is CC(=O)N[C@@H]1[C@@H](O[C@@H]2O[C@@H](C)[C@H](O)[C@@H](O[C@@H]3O[C@@H](C)[C@H](O)[C@@H](O)[C@H]3O[C@@H]3O[C@@H](C)[C@H](O)[C@@H](O)[C@H]3O)[C@H]2O)[C@H](O)[C@@H](CO)O[C@H]1O. The van der Waals surface area contributed by atoms with Gasteiger partial charge in [-0.3, -0.25) is 4.79 Å². The smallest absolute Gasteiger partial charge is 0.217 e. The number of rotatable bonds is 8. The van der Waals surface area contributed by atoms with Gasteiger partial charge in [0.2, 0.25) is 5.91 Å². The van der Waals surface area contributed by atoms with Gasteiger partial charge < -0.3 is 89.5 Å². The zero-order valence-electron chi connectivity index (χ0n) is 25.0. The molecule has 0 aromatic heterocycles. The van der Waals surface area contributed by atoms with Crippen molar-refractivity contribution < 1.29 is 89.0 Å².